The van der Waals surface area contributed by atoms with Crippen LogP contribution in [0.15, 0.2) is 199 Å². The Morgan fingerprint density at radius 2 is 0.772 bits per heavy atom. The third kappa shape index (κ3) is 4.99. The van der Waals surface area contributed by atoms with Crippen LogP contribution in [0.3, 0.4) is 0 Å². The number of hydrogen-bond donors (Lipinski definition) is 0. The SMILES string of the molecule is c1cncc(-c2ccc(-c3nc4c(-c5ccc6c7ccccc7c7ccccc7c6c5)cc(-c5ccc6c7ccccc7c7ccccc7c6c5)cc4o3)cc2)c1. The number of oxazole rings is 1. The molecule has 0 saturated carbocycles. The van der Waals surface area contributed by atoms with E-state index in [0.717, 1.165) is 50.0 Å². The van der Waals surface area contributed by atoms with Gasteiger partial charge in [-0.05, 0) is 135 Å². The van der Waals surface area contributed by atoms with Gasteiger partial charge in [0.15, 0.2) is 5.58 Å². The first kappa shape index (κ1) is 31.7. The molecule has 57 heavy (non-hydrogen) atoms. The second-order valence-corrected chi connectivity index (χ2v) is 14.9. The Morgan fingerprint density at radius 1 is 0.316 bits per heavy atom. The normalized spacial score (nSPS) is 11.9. The first-order chi connectivity index (χ1) is 28.2. The highest BCUT2D eigenvalue weighted by Crippen LogP contribution is 2.42. The fourth-order valence-corrected chi connectivity index (χ4v) is 9.04. The maximum absolute atomic E-state index is 6.73. The number of hydrogen-bond acceptors (Lipinski definition) is 3. The standard InChI is InChI=1S/C54H32N2O/c1-3-15-43-39(11-1)41-13-5-7-17-45(41)50-28-35(23-25-47(43)50)38-30-49(36-24-26-48-44-16-4-2-12-40(44)42-14-6-8-18-46(42)51(48)29-36)53-52(31-38)57-54(56-53)34-21-19-33(20-22-34)37-10-9-27-55-32-37/h1-32H. The Kier molecular flexibility index (Phi) is 6.93. The molecule has 0 N–H and O–H groups in total. The van der Waals surface area contributed by atoms with Crippen LogP contribution in [0.5, 0.6) is 0 Å². The van der Waals surface area contributed by atoms with Crippen LogP contribution in [-0.2, 0) is 0 Å². The van der Waals surface area contributed by atoms with Gasteiger partial charge in [0.05, 0.1) is 0 Å². The minimum Gasteiger partial charge on any atom is -0.436 e. The van der Waals surface area contributed by atoms with E-state index in [1.165, 1.54) is 64.6 Å². The average molecular weight is 725 g/mol. The van der Waals surface area contributed by atoms with Crippen molar-refractivity contribution in [1.29, 1.82) is 0 Å². The molecule has 0 aliphatic rings. The van der Waals surface area contributed by atoms with Crippen LogP contribution in [0.2, 0.25) is 0 Å². The van der Waals surface area contributed by atoms with E-state index in [4.69, 9.17) is 9.40 Å². The molecule has 0 aliphatic carbocycles. The van der Waals surface area contributed by atoms with Crippen molar-refractivity contribution in [1.82, 2.24) is 9.97 Å². The van der Waals surface area contributed by atoms with Gasteiger partial charge in [-0.2, -0.15) is 0 Å². The van der Waals surface area contributed by atoms with E-state index >= 15 is 0 Å². The molecular weight excluding hydrogens is 693 g/mol. The zero-order chi connectivity index (χ0) is 37.5. The predicted molar refractivity (Wildman–Crippen MR) is 239 cm³/mol. The monoisotopic (exact) mass is 724 g/mol. The second-order valence-electron chi connectivity index (χ2n) is 14.9. The Bertz CT molecular complexity index is 3500. The van der Waals surface area contributed by atoms with Gasteiger partial charge in [0.25, 0.3) is 0 Å². The largest absolute Gasteiger partial charge is 0.436 e. The molecule has 12 aromatic rings. The van der Waals surface area contributed by atoms with Crippen molar-refractivity contribution in [3.05, 3.63) is 194 Å². The topological polar surface area (TPSA) is 38.9 Å². The van der Waals surface area contributed by atoms with Crippen LogP contribution in [0.4, 0.5) is 0 Å². The van der Waals surface area contributed by atoms with Crippen molar-refractivity contribution in [2.45, 2.75) is 0 Å². The Morgan fingerprint density at radius 3 is 1.30 bits per heavy atom. The molecule has 0 fully saturated rings. The number of benzene rings is 10. The van der Waals surface area contributed by atoms with Gasteiger partial charge in [0.1, 0.15) is 5.52 Å². The fourth-order valence-electron chi connectivity index (χ4n) is 9.04. The first-order valence-electron chi connectivity index (χ1n) is 19.4. The summed E-state index contributed by atoms with van der Waals surface area (Å²) in [5.74, 6) is 0.592. The maximum atomic E-state index is 6.73. The summed E-state index contributed by atoms with van der Waals surface area (Å²) in [4.78, 5) is 9.54. The molecule has 264 valence electrons. The summed E-state index contributed by atoms with van der Waals surface area (Å²) in [5.41, 5.74) is 9.02. The van der Waals surface area contributed by atoms with E-state index in [-0.39, 0.29) is 0 Å². The summed E-state index contributed by atoms with van der Waals surface area (Å²) in [6.07, 6.45) is 3.68. The van der Waals surface area contributed by atoms with Gasteiger partial charge in [-0.15, -0.1) is 0 Å². The number of nitrogens with zero attached hydrogens (tertiary/aromatic N) is 2. The lowest BCUT2D eigenvalue weighted by Gasteiger charge is -2.14. The molecule has 0 unspecified atom stereocenters. The number of rotatable bonds is 4. The summed E-state index contributed by atoms with van der Waals surface area (Å²) < 4.78 is 6.73. The summed E-state index contributed by atoms with van der Waals surface area (Å²) >= 11 is 0. The van der Waals surface area contributed by atoms with E-state index in [1.807, 2.05) is 12.3 Å². The summed E-state index contributed by atoms with van der Waals surface area (Å²) in [7, 11) is 0. The lowest BCUT2D eigenvalue weighted by molar-refractivity contribution is 0.620. The highest BCUT2D eigenvalue weighted by molar-refractivity contribution is 6.27. The molecule has 2 heterocycles. The molecule has 0 amide bonds. The van der Waals surface area contributed by atoms with Crippen LogP contribution in [-0.4, -0.2) is 9.97 Å². The maximum Gasteiger partial charge on any atom is 0.227 e. The molecule has 12 rings (SSSR count). The van der Waals surface area contributed by atoms with Crippen molar-refractivity contribution in [3.8, 4) is 44.8 Å². The molecule has 0 spiro atoms. The smallest absolute Gasteiger partial charge is 0.227 e. The number of aromatic nitrogens is 2. The molecule has 10 aromatic carbocycles. The molecule has 2 aromatic heterocycles. The molecule has 0 aliphatic heterocycles. The summed E-state index contributed by atoms with van der Waals surface area (Å²) in [5, 5.41) is 15.0. The molecule has 3 nitrogen and oxygen atoms in total. The van der Waals surface area contributed by atoms with E-state index in [1.54, 1.807) is 6.20 Å². The van der Waals surface area contributed by atoms with Gasteiger partial charge in [-0.3, -0.25) is 4.98 Å². The van der Waals surface area contributed by atoms with E-state index in [2.05, 4.69) is 181 Å². The van der Waals surface area contributed by atoms with Crippen LogP contribution in [0, 0.1) is 0 Å². The molecule has 0 radical (unpaired) electrons. The van der Waals surface area contributed by atoms with Crippen molar-refractivity contribution < 1.29 is 4.42 Å². The molecular formula is C54H32N2O. The van der Waals surface area contributed by atoms with Gasteiger partial charge in [0.2, 0.25) is 5.89 Å². The first-order valence-corrected chi connectivity index (χ1v) is 19.4. The van der Waals surface area contributed by atoms with Crippen molar-refractivity contribution >= 4 is 75.7 Å². The van der Waals surface area contributed by atoms with Crippen LogP contribution in [0.1, 0.15) is 0 Å². The van der Waals surface area contributed by atoms with Gasteiger partial charge in [-0.25, -0.2) is 4.98 Å². The van der Waals surface area contributed by atoms with Crippen molar-refractivity contribution in [3.63, 3.8) is 0 Å². The van der Waals surface area contributed by atoms with E-state index in [0.29, 0.717) is 5.89 Å². The summed E-state index contributed by atoms with van der Waals surface area (Å²) in [6.45, 7) is 0. The van der Waals surface area contributed by atoms with Crippen molar-refractivity contribution in [2.75, 3.05) is 0 Å². The molecule has 0 saturated heterocycles. The third-order valence-electron chi connectivity index (χ3n) is 11.8. The average Bonchev–Trinajstić information content (AvgIpc) is 3.73. The van der Waals surface area contributed by atoms with Gasteiger partial charge >= 0.3 is 0 Å². The van der Waals surface area contributed by atoms with Crippen LogP contribution >= 0.6 is 0 Å². The Balaban J connectivity index is 1.10. The predicted octanol–water partition coefficient (Wildman–Crippen LogP) is 14.8. The Hall–Kier alpha value is -7.62. The minimum absolute atomic E-state index is 0.592. The van der Waals surface area contributed by atoms with Crippen LogP contribution < -0.4 is 0 Å². The quantitative estimate of drug-likeness (QED) is 0.170. The highest BCUT2D eigenvalue weighted by atomic mass is 16.3. The fraction of sp³-hybridized carbons (Fsp3) is 0. The van der Waals surface area contributed by atoms with E-state index in [9.17, 15) is 0 Å². The minimum atomic E-state index is 0.592. The molecule has 3 heteroatoms. The van der Waals surface area contributed by atoms with Crippen molar-refractivity contribution in [2.24, 2.45) is 0 Å². The highest BCUT2D eigenvalue weighted by Gasteiger charge is 2.19. The van der Waals surface area contributed by atoms with Gasteiger partial charge in [0, 0.05) is 23.5 Å². The lowest BCUT2D eigenvalue weighted by atomic mass is 9.90. The third-order valence-corrected chi connectivity index (χ3v) is 11.8. The zero-order valence-corrected chi connectivity index (χ0v) is 30.8. The van der Waals surface area contributed by atoms with E-state index < -0.39 is 0 Å². The lowest BCUT2D eigenvalue weighted by Crippen LogP contribution is -1.88. The molecule has 0 bridgehead atoms. The number of pyridine rings is 1. The second kappa shape index (κ2) is 12.5. The Labute approximate surface area is 328 Å². The molecule has 0 atom stereocenters. The zero-order valence-electron chi connectivity index (χ0n) is 30.8. The van der Waals surface area contributed by atoms with Gasteiger partial charge < -0.3 is 4.42 Å². The number of fused-ring (bicyclic) bond motifs is 13. The van der Waals surface area contributed by atoms with Gasteiger partial charge in [-0.1, -0.05) is 140 Å². The van der Waals surface area contributed by atoms with Crippen LogP contribution in [0.25, 0.3) is 121 Å². The summed E-state index contributed by atoms with van der Waals surface area (Å²) in [6, 6.07) is 65.6.